The molecule has 0 unspecified atom stereocenters. The molecule has 58 heavy (non-hydrogen) atoms. The molecule has 4 aromatic rings. The van der Waals surface area contributed by atoms with Crippen LogP contribution in [0, 0.1) is 0 Å². The Bertz CT molecular complexity index is 2230. The van der Waals surface area contributed by atoms with E-state index < -0.39 is 43.4 Å². The molecule has 0 bridgehead atoms. The highest BCUT2D eigenvalue weighted by atomic mass is 32.2. The predicted octanol–water partition coefficient (Wildman–Crippen LogP) is 3.18. The van der Waals surface area contributed by atoms with Crippen molar-refractivity contribution in [3.8, 4) is 0 Å². The lowest BCUT2D eigenvalue weighted by molar-refractivity contribution is -0.142. The van der Waals surface area contributed by atoms with Crippen LogP contribution in [-0.2, 0) is 31.9 Å². The highest BCUT2D eigenvalue weighted by Gasteiger charge is 2.35. The van der Waals surface area contributed by atoms with Gasteiger partial charge in [0.2, 0.25) is 17.7 Å². The van der Waals surface area contributed by atoms with Gasteiger partial charge in [-0.15, -0.1) is 0 Å². The second-order valence-corrected chi connectivity index (χ2v) is 17.0. The molecule has 308 valence electrons. The number of thioether (sulfide) groups is 1. The highest BCUT2D eigenvalue weighted by Crippen LogP contribution is 2.41. The van der Waals surface area contributed by atoms with Crippen LogP contribution in [0.25, 0.3) is 16.5 Å². The van der Waals surface area contributed by atoms with Gasteiger partial charge in [-0.2, -0.15) is 0 Å². The standard InChI is InChI=1S/C41H50FN8O6PS/c1-49-36(22-28-24-45-33-10-4-3-9-31(28)33)39(52)47-25-32-30(26-14-16-29(17-15-26)57(54,55)56)18-21-50(42)41(32)58-37-13-5-2-8-27(37)23-46-34(11-6-19-43)38(51)48-35(40(49)53)12-7-20-44/h2-5,8-10,13-18,24,34-36,45-46H,6-7,11-12,19-23,25,43-44H2,1H3,(H,47,52)(H,48,51)(H2,54,55,56)/t34-,35-,36-/m0/s1. The number of aromatic nitrogens is 1. The van der Waals surface area contributed by atoms with Crippen molar-refractivity contribution in [3.05, 3.63) is 112 Å². The van der Waals surface area contributed by atoms with Crippen LogP contribution in [0.15, 0.2) is 101 Å². The Morgan fingerprint density at radius 3 is 2.31 bits per heavy atom. The van der Waals surface area contributed by atoms with E-state index in [2.05, 4.69) is 20.9 Å². The molecule has 6 rings (SSSR count). The molecule has 2 aliphatic rings. The van der Waals surface area contributed by atoms with Crippen LogP contribution in [0.1, 0.15) is 42.4 Å². The number of likely N-dealkylation sites (N-methyl/N-ethyl adjacent to an activating group) is 1. The minimum Gasteiger partial charge on any atom is -0.361 e. The Kier molecular flexibility index (Phi) is 14.2. The third kappa shape index (κ3) is 10.1. The summed E-state index contributed by atoms with van der Waals surface area (Å²) >= 11 is 1.16. The summed E-state index contributed by atoms with van der Waals surface area (Å²) in [7, 11) is -3.00. The molecule has 1 aromatic heterocycles. The van der Waals surface area contributed by atoms with Crippen LogP contribution < -0.4 is 32.7 Å². The number of nitrogens with one attached hydrogen (secondary N) is 4. The number of fused-ring (bicyclic) bond motifs is 2. The first-order chi connectivity index (χ1) is 27.9. The molecular formula is C41H50FN8O6PS. The fourth-order valence-electron chi connectivity index (χ4n) is 7.24. The van der Waals surface area contributed by atoms with E-state index in [1.54, 1.807) is 24.4 Å². The van der Waals surface area contributed by atoms with Gasteiger partial charge in [-0.25, -0.2) is 5.12 Å². The van der Waals surface area contributed by atoms with Crippen molar-refractivity contribution in [1.82, 2.24) is 31.0 Å². The molecule has 0 fully saturated rings. The normalized spacial score (nSPS) is 20.3. The van der Waals surface area contributed by atoms with E-state index >= 15 is 4.48 Å². The molecule has 3 amide bonds. The second-order valence-electron chi connectivity index (χ2n) is 14.3. The van der Waals surface area contributed by atoms with Crippen LogP contribution in [0.5, 0.6) is 0 Å². The molecule has 0 saturated heterocycles. The number of nitrogens with zero attached hydrogens (tertiary/aromatic N) is 2. The molecule has 2 aliphatic heterocycles. The summed E-state index contributed by atoms with van der Waals surface area (Å²) in [6.45, 7) is 0.573. The SMILES string of the molecule is CN1C(=O)[C@H](CCCN)NC(=O)[C@H](CCCN)NCc2ccccc2SC2=C(CNC(=O)[C@@H]1Cc1c[nH]c3ccccc13)C(c1ccc(P(=O)(O)O)cc1)=CCN2F. The summed E-state index contributed by atoms with van der Waals surface area (Å²) in [4.78, 5) is 67.9. The molecule has 3 aromatic carbocycles. The minimum absolute atomic E-state index is 0.117. The zero-order valence-corrected chi connectivity index (χ0v) is 33.9. The van der Waals surface area contributed by atoms with Crippen LogP contribution in [0.2, 0.25) is 0 Å². The lowest BCUT2D eigenvalue weighted by atomic mass is 9.95. The number of carbonyl (C=O) groups is 3. The number of H-pyrrole nitrogens is 1. The Hall–Kier alpha value is -4.80. The maximum Gasteiger partial charge on any atom is 0.356 e. The number of benzene rings is 3. The predicted molar refractivity (Wildman–Crippen MR) is 224 cm³/mol. The molecule has 0 saturated carbocycles. The van der Waals surface area contributed by atoms with E-state index in [1.165, 1.54) is 24.1 Å². The van der Waals surface area contributed by atoms with Crippen LogP contribution in [-0.4, -0.2) is 93.9 Å². The van der Waals surface area contributed by atoms with Crippen LogP contribution >= 0.6 is 19.4 Å². The molecule has 3 atom stereocenters. The number of nitrogens with two attached hydrogens (primary N) is 2. The number of aromatic amines is 1. The Balaban J connectivity index is 1.46. The van der Waals surface area contributed by atoms with Crippen molar-refractivity contribution in [2.45, 2.75) is 61.7 Å². The average Bonchev–Trinajstić information content (AvgIpc) is 3.63. The fourth-order valence-corrected chi connectivity index (χ4v) is 8.88. The van der Waals surface area contributed by atoms with Gasteiger partial charge >= 0.3 is 7.60 Å². The Morgan fingerprint density at radius 2 is 1.59 bits per heavy atom. The maximum absolute atomic E-state index is 16.2. The lowest BCUT2D eigenvalue weighted by Gasteiger charge is -2.32. The van der Waals surface area contributed by atoms with Crippen LogP contribution in [0.3, 0.4) is 0 Å². The third-order valence-electron chi connectivity index (χ3n) is 10.5. The summed E-state index contributed by atoms with van der Waals surface area (Å²) in [5, 5.41) is 10.8. The average molecular weight is 833 g/mol. The number of halogens is 1. The molecular weight excluding hydrogens is 783 g/mol. The summed E-state index contributed by atoms with van der Waals surface area (Å²) in [6, 6.07) is 18.0. The number of para-hydroxylation sites is 1. The van der Waals surface area contributed by atoms with Crippen molar-refractivity contribution in [2.24, 2.45) is 11.5 Å². The highest BCUT2D eigenvalue weighted by molar-refractivity contribution is 8.03. The summed E-state index contributed by atoms with van der Waals surface area (Å²) < 4.78 is 28.2. The number of carbonyl (C=O) groups excluding carboxylic acids is 3. The second kappa shape index (κ2) is 19.3. The van der Waals surface area contributed by atoms with E-state index in [1.807, 2.05) is 48.5 Å². The fraction of sp³-hybridized carbons (Fsp3) is 0.341. The molecule has 14 nitrogen and oxygen atoms in total. The van der Waals surface area contributed by atoms with Crippen molar-refractivity contribution in [2.75, 3.05) is 33.2 Å². The van der Waals surface area contributed by atoms with Gasteiger partial charge < -0.3 is 47.1 Å². The first-order valence-corrected chi connectivity index (χ1v) is 21.6. The summed E-state index contributed by atoms with van der Waals surface area (Å²) in [6.07, 6.45) is 5.19. The van der Waals surface area contributed by atoms with Crippen molar-refractivity contribution < 1.29 is 33.2 Å². The van der Waals surface area contributed by atoms with Gasteiger partial charge in [0.25, 0.3) is 0 Å². The zero-order valence-electron chi connectivity index (χ0n) is 32.2. The summed E-state index contributed by atoms with van der Waals surface area (Å²) in [5.74, 6) is -1.37. The maximum atomic E-state index is 16.2. The van der Waals surface area contributed by atoms with Crippen molar-refractivity contribution in [1.29, 1.82) is 0 Å². The van der Waals surface area contributed by atoms with Crippen molar-refractivity contribution >= 4 is 58.9 Å². The van der Waals surface area contributed by atoms with E-state index in [4.69, 9.17) is 11.5 Å². The smallest absolute Gasteiger partial charge is 0.356 e. The van der Waals surface area contributed by atoms with Gasteiger partial charge in [-0.1, -0.05) is 70.9 Å². The Morgan fingerprint density at radius 1 is 0.897 bits per heavy atom. The van der Waals surface area contributed by atoms with Gasteiger partial charge in [0.05, 0.1) is 17.9 Å². The molecule has 3 heterocycles. The molecule has 17 heteroatoms. The quantitative estimate of drug-likeness (QED) is 0.0858. The van der Waals surface area contributed by atoms with Gasteiger partial charge in [-0.05, 0) is 85.3 Å². The van der Waals surface area contributed by atoms with Gasteiger partial charge in [0, 0.05) is 54.1 Å². The van der Waals surface area contributed by atoms with E-state index in [-0.39, 0.29) is 49.4 Å². The number of rotatable bonds is 10. The number of amides is 3. The first kappa shape index (κ1) is 42.8. The minimum atomic E-state index is -4.53. The number of hydrogen-bond acceptors (Lipinski definition) is 9. The topological polar surface area (TPSA) is 219 Å². The van der Waals surface area contributed by atoms with Gasteiger partial charge in [0.1, 0.15) is 17.1 Å². The Labute approximate surface area is 340 Å². The zero-order chi connectivity index (χ0) is 41.4. The third-order valence-corrected chi connectivity index (χ3v) is 12.7. The van der Waals surface area contributed by atoms with Gasteiger partial charge in [-0.3, -0.25) is 18.9 Å². The van der Waals surface area contributed by atoms with E-state index in [9.17, 15) is 28.7 Å². The molecule has 0 aliphatic carbocycles. The van der Waals surface area contributed by atoms with E-state index in [0.29, 0.717) is 52.5 Å². The lowest BCUT2D eigenvalue weighted by Crippen LogP contribution is -2.57. The largest absolute Gasteiger partial charge is 0.361 e. The summed E-state index contributed by atoms with van der Waals surface area (Å²) in [5.41, 5.74) is 15.7. The van der Waals surface area contributed by atoms with Gasteiger partial charge in [0.15, 0.2) is 0 Å². The van der Waals surface area contributed by atoms with E-state index in [0.717, 1.165) is 33.8 Å². The molecule has 0 spiro atoms. The number of hydrogen-bond donors (Lipinski definition) is 8. The van der Waals surface area contributed by atoms with Crippen LogP contribution in [0.4, 0.5) is 4.48 Å². The van der Waals surface area contributed by atoms with Crippen molar-refractivity contribution in [3.63, 3.8) is 0 Å². The molecule has 0 radical (unpaired) electrons. The molecule has 10 N–H and O–H groups in total. The monoisotopic (exact) mass is 832 g/mol. The first-order valence-electron chi connectivity index (χ1n) is 19.2.